The molecule has 1 aromatic heterocycles. The molecule has 0 aliphatic heterocycles. The average Bonchev–Trinajstić information content (AvgIpc) is 2.79. The third-order valence-corrected chi connectivity index (χ3v) is 4.52. The largest absolute Gasteiger partial charge is 0.494 e. The van der Waals surface area contributed by atoms with Crippen molar-refractivity contribution in [2.24, 2.45) is 0 Å². The number of hydrogen-bond acceptors (Lipinski definition) is 5. The van der Waals surface area contributed by atoms with E-state index in [1.165, 1.54) is 39.4 Å². The molecule has 0 saturated heterocycles. The van der Waals surface area contributed by atoms with Crippen LogP contribution in [-0.4, -0.2) is 31.0 Å². The highest BCUT2D eigenvalue weighted by Gasteiger charge is 2.17. The maximum Gasteiger partial charge on any atom is 0.330 e. The molecule has 0 amide bonds. The molecule has 0 N–H and O–H groups in total. The van der Waals surface area contributed by atoms with Crippen molar-refractivity contribution in [2.45, 2.75) is 27.2 Å². The Balaban J connectivity index is 0.00000166. The molecule has 0 bridgehead atoms. The highest BCUT2D eigenvalue weighted by atomic mass is 19.1. The van der Waals surface area contributed by atoms with Gasteiger partial charge in [-0.15, -0.1) is 0 Å². The van der Waals surface area contributed by atoms with E-state index in [2.05, 4.69) is 9.72 Å². The zero-order valence-electron chi connectivity index (χ0n) is 18.4. The van der Waals surface area contributed by atoms with Crippen molar-refractivity contribution in [3.63, 3.8) is 0 Å². The predicted octanol–water partition coefficient (Wildman–Crippen LogP) is 5.39. The summed E-state index contributed by atoms with van der Waals surface area (Å²) in [5, 5.41) is 0.728. The van der Waals surface area contributed by atoms with Crippen LogP contribution in [0.5, 0.6) is 5.75 Å². The highest BCUT2D eigenvalue weighted by molar-refractivity contribution is 6.06. The molecule has 3 rings (SSSR count). The van der Waals surface area contributed by atoms with E-state index in [1.54, 1.807) is 30.5 Å². The molecular weight excluding hydrogens is 397 g/mol. The van der Waals surface area contributed by atoms with E-state index in [4.69, 9.17) is 4.74 Å². The van der Waals surface area contributed by atoms with Crippen molar-refractivity contribution in [2.75, 3.05) is 14.2 Å². The number of methoxy groups -OCH3 is 2. The number of rotatable bonds is 6. The van der Waals surface area contributed by atoms with E-state index in [1.807, 2.05) is 19.9 Å². The highest BCUT2D eigenvalue weighted by Crippen LogP contribution is 2.33. The number of aromatic nitrogens is 1. The molecule has 0 radical (unpaired) electrons. The Kier molecular flexibility index (Phi) is 8.43. The van der Waals surface area contributed by atoms with Gasteiger partial charge in [0, 0.05) is 17.7 Å². The van der Waals surface area contributed by atoms with Gasteiger partial charge in [0.05, 0.1) is 19.8 Å². The quantitative estimate of drug-likeness (QED) is 0.302. The first-order valence-corrected chi connectivity index (χ1v) is 9.94. The zero-order chi connectivity index (χ0) is 23.0. The number of nitrogens with zero attached hydrogens (tertiary/aromatic N) is 1. The molecule has 2 aromatic carbocycles. The van der Waals surface area contributed by atoms with Gasteiger partial charge in [0.1, 0.15) is 11.3 Å². The van der Waals surface area contributed by atoms with Crippen LogP contribution in [0.2, 0.25) is 0 Å². The SMILES string of the molecule is CC.COC(=O)/C=C\c1cc(C(C)=O)c(OC)c2ncc(Cc3ccc(F)cc3)cc12. The minimum absolute atomic E-state index is 0.173. The van der Waals surface area contributed by atoms with Crippen LogP contribution in [0.3, 0.4) is 0 Å². The number of ether oxygens (including phenoxy) is 2. The first-order chi connectivity index (χ1) is 14.9. The molecule has 0 fully saturated rings. The van der Waals surface area contributed by atoms with Crippen LogP contribution in [0.4, 0.5) is 4.39 Å². The van der Waals surface area contributed by atoms with Crippen molar-refractivity contribution in [1.82, 2.24) is 4.98 Å². The molecule has 31 heavy (non-hydrogen) atoms. The minimum Gasteiger partial charge on any atom is -0.494 e. The Morgan fingerprint density at radius 1 is 1.06 bits per heavy atom. The molecule has 5 nitrogen and oxygen atoms in total. The fourth-order valence-electron chi connectivity index (χ4n) is 3.10. The lowest BCUT2D eigenvalue weighted by atomic mass is 9.97. The maximum absolute atomic E-state index is 13.2. The monoisotopic (exact) mass is 423 g/mol. The van der Waals surface area contributed by atoms with Gasteiger partial charge in [-0.2, -0.15) is 0 Å². The lowest BCUT2D eigenvalue weighted by Crippen LogP contribution is -2.02. The van der Waals surface area contributed by atoms with Gasteiger partial charge in [-0.1, -0.05) is 26.0 Å². The summed E-state index contributed by atoms with van der Waals surface area (Å²) >= 11 is 0. The summed E-state index contributed by atoms with van der Waals surface area (Å²) in [4.78, 5) is 28.2. The fourth-order valence-corrected chi connectivity index (χ4v) is 3.10. The summed E-state index contributed by atoms with van der Waals surface area (Å²) in [6.45, 7) is 5.44. The van der Waals surface area contributed by atoms with Crippen LogP contribution in [-0.2, 0) is 16.0 Å². The fraction of sp³-hybridized carbons (Fsp3) is 0.240. The third-order valence-electron chi connectivity index (χ3n) is 4.52. The molecule has 0 unspecified atom stereocenters. The zero-order valence-corrected chi connectivity index (χ0v) is 18.4. The van der Waals surface area contributed by atoms with Crippen LogP contribution in [0.1, 0.15) is 47.8 Å². The summed E-state index contributed by atoms with van der Waals surface area (Å²) < 4.78 is 23.3. The van der Waals surface area contributed by atoms with Gasteiger partial charge in [0.15, 0.2) is 11.5 Å². The number of carbonyl (C=O) groups is 2. The number of hydrogen-bond donors (Lipinski definition) is 0. The standard InChI is InChI=1S/C23H20FNO4.C2H6/c1-14(26)19-12-17(6-9-21(27)28-2)20-11-16(13-25-22(20)23(19)29-3)10-15-4-7-18(24)8-5-15;1-2/h4-9,11-13H,10H2,1-3H3;1-2H3/b9-6-;. The molecule has 0 saturated carbocycles. The first kappa shape index (κ1) is 23.7. The summed E-state index contributed by atoms with van der Waals surface area (Å²) in [5.74, 6) is -0.583. The van der Waals surface area contributed by atoms with Gasteiger partial charge < -0.3 is 9.47 Å². The van der Waals surface area contributed by atoms with Crippen LogP contribution in [0.25, 0.3) is 17.0 Å². The summed E-state index contributed by atoms with van der Waals surface area (Å²) in [6.07, 6.45) is 5.13. The second-order valence-corrected chi connectivity index (χ2v) is 6.50. The second kappa shape index (κ2) is 11.0. The van der Waals surface area contributed by atoms with Crippen molar-refractivity contribution in [1.29, 1.82) is 0 Å². The van der Waals surface area contributed by atoms with Crippen LogP contribution < -0.4 is 4.74 Å². The van der Waals surface area contributed by atoms with Gasteiger partial charge in [-0.05, 0) is 60.4 Å². The topological polar surface area (TPSA) is 65.5 Å². The lowest BCUT2D eigenvalue weighted by molar-refractivity contribution is -0.134. The smallest absolute Gasteiger partial charge is 0.330 e. The van der Waals surface area contributed by atoms with Crippen LogP contribution in [0, 0.1) is 5.82 Å². The molecule has 162 valence electrons. The van der Waals surface area contributed by atoms with Gasteiger partial charge >= 0.3 is 5.97 Å². The molecule has 1 heterocycles. The van der Waals surface area contributed by atoms with E-state index >= 15 is 0 Å². The van der Waals surface area contributed by atoms with E-state index in [0.717, 1.165) is 16.5 Å². The Bertz CT molecular complexity index is 1100. The maximum atomic E-state index is 13.2. The summed E-state index contributed by atoms with van der Waals surface area (Å²) in [5.41, 5.74) is 3.38. The van der Waals surface area contributed by atoms with Gasteiger partial charge in [-0.25, -0.2) is 9.18 Å². The first-order valence-electron chi connectivity index (χ1n) is 9.94. The molecule has 0 aliphatic carbocycles. The molecular formula is C25H26FNO4. The van der Waals surface area contributed by atoms with Crippen molar-refractivity contribution < 1.29 is 23.5 Å². The Hall–Kier alpha value is -3.54. The number of pyridine rings is 1. The van der Waals surface area contributed by atoms with Gasteiger partial charge in [0.2, 0.25) is 0 Å². The van der Waals surface area contributed by atoms with Gasteiger partial charge in [0.25, 0.3) is 0 Å². The predicted molar refractivity (Wildman–Crippen MR) is 120 cm³/mol. The number of ketones is 1. The number of carbonyl (C=O) groups excluding carboxylic acids is 2. The normalized spacial score (nSPS) is 10.5. The summed E-state index contributed by atoms with van der Waals surface area (Å²) in [6, 6.07) is 9.86. The molecule has 0 atom stereocenters. The Morgan fingerprint density at radius 2 is 1.74 bits per heavy atom. The van der Waals surface area contributed by atoms with E-state index in [0.29, 0.717) is 28.8 Å². The average molecular weight is 423 g/mol. The number of halogens is 1. The van der Waals surface area contributed by atoms with E-state index in [-0.39, 0.29) is 11.6 Å². The van der Waals surface area contributed by atoms with Crippen molar-refractivity contribution in [3.8, 4) is 5.75 Å². The molecule has 3 aromatic rings. The van der Waals surface area contributed by atoms with Crippen molar-refractivity contribution in [3.05, 3.63) is 76.7 Å². The second-order valence-electron chi connectivity index (χ2n) is 6.50. The lowest BCUT2D eigenvalue weighted by Gasteiger charge is -2.13. The Morgan fingerprint density at radius 3 is 2.32 bits per heavy atom. The third kappa shape index (κ3) is 5.75. The number of esters is 1. The Labute approximate surface area is 181 Å². The molecule has 0 spiro atoms. The number of benzene rings is 2. The van der Waals surface area contributed by atoms with Gasteiger partial charge in [-0.3, -0.25) is 9.78 Å². The van der Waals surface area contributed by atoms with E-state index < -0.39 is 5.97 Å². The number of Topliss-reactive ketones (excluding diaryl/α,β-unsaturated/α-hetero) is 1. The van der Waals surface area contributed by atoms with Crippen LogP contribution in [0.15, 0.2) is 48.7 Å². The summed E-state index contributed by atoms with van der Waals surface area (Å²) in [7, 11) is 2.78. The van der Waals surface area contributed by atoms with Crippen LogP contribution >= 0.6 is 0 Å². The minimum atomic E-state index is -0.506. The van der Waals surface area contributed by atoms with E-state index in [9.17, 15) is 14.0 Å². The molecule has 0 aliphatic rings. The molecule has 6 heteroatoms. The van der Waals surface area contributed by atoms with Crippen molar-refractivity contribution >= 4 is 28.7 Å². The number of fused-ring (bicyclic) bond motifs is 1.